The first-order valence-corrected chi connectivity index (χ1v) is 6.08. The number of carbonyl (C=O) groups is 1. The summed E-state index contributed by atoms with van der Waals surface area (Å²) in [6, 6.07) is 0. The fourth-order valence-electron chi connectivity index (χ4n) is 2.19. The molecule has 0 amide bonds. The fourth-order valence-corrected chi connectivity index (χ4v) is 2.19. The number of nitrogens with one attached hydrogen (secondary N) is 1. The van der Waals surface area contributed by atoms with E-state index in [0.717, 1.165) is 12.8 Å². The molecular weight excluding hydrogens is 249 g/mol. The normalized spacial score (nSPS) is 22.1. The zero-order valence-electron chi connectivity index (χ0n) is 10.2. The van der Waals surface area contributed by atoms with Crippen molar-refractivity contribution in [3.8, 4) is 0 Å². The minimum Gasteiger partial charge on any atom is -0.480 e. The molecule has 0 aromatic heterocycles. The summed E-state index contributed by atoms with van der Waals surface area (Å²) < 4.78 is 36.3. The number of hydrogen-bond donors (Lipinski definition) is 2. The van der Waals surface area contributed by atoms with Crippen LogP contribution in [0.3, 0.4) is 0 Å². The molecule has 0 bridgehead atoms. The molecule has 2 N–H and O–H groups in total. The molecule has 1 saturated heterocycles. The largest absolute Gasteiger partial charge is 0.480 e. The summed E-state index contributed by atoms with van der Waals surface area (Å²) in [5.74, 6) is -0.675. The van der Waals surface area contributed by atoms with Gasteiger partial charge in [-0.2, -0.15) is 13.2 Å². The van der Waals surface area contributed by atoms with E-state index in [1.165, 1.54) is 0 Å². The summed E-state index contributed by atoms with van der Waals surface area (Å²) in [7, 11) is 0. The summed E-state index contributed by atoms with van der Waals surface area (Å²) >= 11 is 0. The van der Waals surface area contributed by atoms with E-state index in [0.29, 0.717) is 19.6 Å². The van der Waals surface area contributed by atoms with Crippen LogP contribution in [0.15, 0.2) is 0 Å². The van der Waals surface area contributed by atoms with Gasteiger partial charge < -0.3 is 15.3 Å². The van der Waals surface area contributed by atoms with E-state index < -0.39 is 18.6 Å². The molecule has 1 unspecified atom stereocenters. The van der Waals surface area contributed by atoms with Gasteiger partial charge in [-0.3, -0.25) is 4.79 Å². The third kappa shape index (κ3) is 6.80. The van der Waals surface area contributed by atoms with E-state index in [4.69, 9.17) is 5.11 Å². The summed E-state index contributed by atoms with van der Waals surface area (Å²) in [6.45, 7) is 1.81. The zero-order valence-corrected chi connectivity index (χ0v) is 10.2. The van der Waals surface area contributed by atoms with E-state index in [1.807, 2.05) is 4.90 Å². The maximum Gasteiger partial charge on any atom is 0.390 e. The van der Waals surface area contributed by atoms with Crippen LogP contribution >= 0.6 is 0 Å². The number of carboxylic acids is 1. The van der Waals surface area contributed by atoms with Gasteiger partial charge in [0, 0.05) is 13.1 Å². The van der Waals surface area contributed by atoms with E-state index in [-0.39, 0.29) is 19.0 Å². The van der Waals surface area contributed by atoms with Crippen molar-refractivity contribution in [2.45, 2.75) is 25.4 Å². The minimum atomic E-state index is -4.10. The molecule has 18 heavy (non-hydrogen) atoms. The second kappa shape index (κ2) is 6.94. The molecule has 1 rings (SSSR count). The molecule has 4 nitrogen and oxygen atoms in total. The molecule has 1 aliphatic heterocycles. The number of rotatable bonds is 6. The van der Waals surface area contributed by atoms with E-state index in [9.17, 15) is 18.0 Å². The maximum absolute atomic E-state index is 12.1. The first-order chi connectivity index (χ1) is 8.37. The monoisotopic (exact) mass is 268 g/mol. The predicted molar refractivity (Wildman–Crippen MR) is 60.3 cm³/mol. The highest BCUT2D eigenvalue weighted by Gasteiger charge is 2.29. The van der Waals surface area contributed by atoms with Crippen LogP contribution in [0.2, 0.25) is 0 Å². The highest BCUT2D eigenvalue weighted by atomic mass is 19.4. The van der Waals surface area contributed by atoms with E-state index in [1.54, 1.807) is 0 Å². The Balaban J connectivity index is 2.21. The highest BCUT2D eigenvalue weighted by molar-refractivity contribution is 5.68. The number of carboxylic acid groups (broad SMARTS) is 1. The molecule has 7 heteroatoms. The molecule has 0 saturated carbocycles. The van der Waals surface area contributed by atoms with Crippen molar-refractivity contribution in [3.63, 3.8) is 0 Å². The van der Waals surface area contributed by atoms with Crippen molar-refractivity contribution < 1.29 is 23.1 Å². The third-order valence-electron chi connectivity index (χ3n) is 3.02. The van der Waals surface area contributed by atoms with Crippen LogP contribution < -0.4 is 5.32 Å². The third-order valence-corrected chi connectivity index (χ3v) is 3.02. The lowest BCUT2D eigenvalue weighted by Gasteiger charge is -2.32. The Hall–Kier alpha value is -0.820. The molecule has 0 spiro atoms. The summed E-state index contributed by atoms with van der Waals surface area (Å²) in [5, 5.41) is 11.3. The van der Waals surface area contributed by atoms with Crippen molar-refractivity contribution in [1.29, 1.82) is 0 Å². The number of halogens is 3. The number of nitrogens with zero attached hydrogens (tertiary/aromatic N) is 1. The van der Waals surface area contributed by atoms with Crippen LogP contribution in [-0.2, 0) is 4.79 Å². The smallest absolute Gasteiger partial charge is 0.390 e. The Kier molecular flexibility index (Phi) is 5.87. The van der Waals surface area contributed by atoms with Crippen LogP contribution in [0.1, 0.15) is 19.3 Å². The Labute approximate surface area is 104 Å². The van der Waals surface area contributed by atoms with E-state index in [2.05, 4.69) is 5.32 Å². The van der Waals surface area contributed by atoms with Gasteiger partial charge >= 0.3 is 12.1 Å². The average molecular weight is 268 g/mol. The Morgan fingerprint density at radius 1 is 1.44 bits per heavy atom. The second-order valence-electron chi connectivity index (χ2n) is 4.70. The average Bonchev–Trinajstić information content (AvgIpc) is 2.26. The van der Waals surface area contributed by atoms with Gasteiger partial charge in [0.15, 0.2) is 0 Å². The molecule has 1 fully saturated rings. The van der Waals surface area contributed by atoms with Crippen LogP contribution in [0.25, 0.3) is 0 Å². The van der Waals surface area contributed by atoms with Gasteiger partial charge in [-0.1, -0.05) is 0 Å². The molecule has 0 aliphatic carbocycles. The van der Waals surface area contributed by atoms with Gasteiger partial charge in [0.2, 0.25) is 0 Å². The number of aliphatic carboxylic acids is 1. The molecule has 106 valence electrons. The van der Waals surface area contributed by atoms with Crippen LogP contribution in [-0.4, -0.2) is 54.9 Å². The molecular formula is C11H19F3N2O2. The highest BCUT2D eigenvalue weighted by Crippen LogP contribution is 2.22. The van der Waals surface area contributed by atoms with E-state index >= 15 is 0 Å². The summed E-state index contributed by atoms with van der Waals surface area (Å²) in [5.41, 5.74) is 0. The molecule has 0 aromatic carbocycles. The van der Waals surface area contributed by atoms with Crippen molar-refractivity contribution in [2.24, 2.45) is 5.92 Å². The first-order valence-electron chi connectivity index (χ1n) is 6.08. The van der Waals surface area contributed by atoms with Crippen molar-refractivity contribution in [3.05, 3.63) is 0 Å². The molecule has 1 aliphatic rings. The van der Waals surface area contributed by atoms with Gasteiger partial charge in [0.05, 0.1) is 13.0 Å². The molecule has 1 heterocycles. The SMILES string of the molecule is O=C(O)CNCC1CCCN(CCC(F)(F)F)C1. The summed E-state index contributed by atoms with van der Waals surface area (Å²) in [6.07, 6.45) is -3.07. The van der Waals surface area contributed by atoms with Gasteiger partial charge in [0.1, 0.15) is 0 Å². The van der Waals surface area contributed by atoms with Crippen LogP contribution in [0, 0.1) is 5.92 Å². The number of likely N-dealkylation sites (tertiary alicyclic amines) is 1. The Bertz CT molecular complexity index is 272. The van der Waals surface area contributed by atoms with Crippen LogP contribution in [0.5, 0.6) is 0 Å². The van der Waals surface area contributed by atoms with Gasteiger partial charge in [-0.25, -0.2) is 0 Å². The second-order valence-corrected chi connectivity index (χ2v) is 4.70. The Morgan fingerprint density at radius 3 is 2.78 bits per heavy atom. The summed E-state index contributed by atoms with van der Waals surface area (Å²) in [4.78, 5) is 12.1. The predicted octanol–water partition coefficient (Wildman–Crippen LogP) is 1.32. The quantitative estimate of drug-likeness (QED) is 0.763. The standard InChI is InChI=1S/C11H19F3N2O2/c12-11(13,14)3-5-16-4-1-2-9(8-16)6-15-7-10(17)18/h9,15H,1-8H2,(H,17,18). The lowest BCUT2D eigenvalue weighted by atomic mass is 9.98. The van der Waals surface area contributed by atoms with Crippen molar-refractivity contribution >= 4 is 5.97 Å². The van der Waals surface area contributed by atoms with Gasteiger partial charge in [-0.05, 0) is 31.8 Å². The van der Waals surface area contributed by atoms with Gasteiger partial charge in [-0.15, -0.1) is 0 Å². The zero-order chi connectivity index (χ0) is 13.6. The van der Waals surface area contributed by atoms with Gasteiger partial charge in [0.25, 0.3) is 0 Å². The minimum absolute atomic E-state index is 0.0406. The number of hydrogen-bond acceptors (Lipinski definition) is 3. The lowest BCUT2D eigenvalue weighted by molar-refractivity contribution is -0.139. The topological polar surface area (TPSA) is 52.6 Å². The Morgan fingerprint density at radius 2 is 2.17 bits per heavy atom. The maximum atomic E-state index is 12.1. The number of piperidine rings is 1. The molecule has 1 atom stereocenters. The lowest BCUT2D eigenvalue weighted by Crippen LogP contribution is -2.41. The van der Waals surface area contributed by atoms with Crippen molar-refractivity contribution in [1.82, 2.24) is 10.2 Å². The molecule has 0 aromatic rings. The fraction of sp³-hybridized carbons (Fsp3) is 0.909. The number of alkyl halides is 3. The molecule has 0 radical (unpaired) electrons. The first kappa shape index (κ1) is 15.2. The van der Waals surface area contributed by atoms with Crippen molar-refractivity contribution in [2.75, 3.05) is 32.7 Å². The van der Waals surface area contributed by atoms with Crippen LogP contribution in [0.4, 0.5) is 13.2 Å².